The maximum absolute atomic E-state index is 13.1. The predicted molar refractivity (Wildman–Crippen MR) is 125 cm³/mol. The van der Waals surface area contributed by atoms with Crippen LogP contribution in [0.15, 0.2) is 16.4 Å². The fourth-order valence-electron chi connectivity index (χ4n) is 3.95. The van der Waals surface area contributed by atoms with Crippen molar-refractivity contribution in [3.05, 3.63) is 27.7 Å². The molecule has 0 aliphatic carbocycles. The summed E-state index contributed by atoms with van der Waals surface area (Å²) in [7, 11) is 1.69. The maximum Gasteiger partial charge on any atom is 0.352 e. The number of nitrogens with one attached hydrogen (secondary N) is 1. The Kier molecular flexibility index (Phi) is 6.92. The highest BCUT2D eigenvalue weighted by molar-refractivity contribution is 8.01. The number of rotatable bonds is 8. The van der Waals surface area contributed by atoms with Crippen LogP contribution in [-0.2, 0) is 21.4 Å². The Bertz CT molecular complexity index is 1200. The van der Waals surface area contributed by atoms with Crippen LogP contribution in [0.2, 0.25) is 5.02 Å². The molecule has 0 bridgehead atoms. The number of carbonyl (C=O) groups is 3. The first-order valence-corrected chi connectivity index (χ1v) is 12.8. The maximum atomic E-state index is 13.1. The van der Waals surface area contributed by atoms with Crippen molar-refractivity contribution in [2.45, 2.75) is 49.8 Å². The van der Waals surface area contributed by atoms with E-state index in [0.29, 0.717) is 45.1 Å². The van der Waals surface area contributed by atoms with E-state index in [2.05, 4.69) is 25.9 Å². The van der Waals surface area contributed by atoms with Gasteiger partial charge in [-0.25, -0.2) is 9.48 Å². The van der Waals surface area contributed by atoms with E-state index in [9.17, 15) is 19.5 Å². The van der Waals surface area contributed by atoms with Gasteiger partial charge < -0.3 is 10.4 Å². The number of carbonyl (C=O) groups excluding carboxylic acids is 2. The summed E-state index contributed by atoms with van der Waals surface area (Å²) >= 11 is 8.95. The number of tetrazole rings is 1. The van der Waals surface area contributed by atoms with Gasteiger partial charge in [0.05, 0.1) is 16.4 Å². The third-order valence-electron chi connectivity index (χ3n) is 5.73. The Balaban J connectivity index is 1.49. The van der Waals surface area contributed by atoms with Crippen molar-refractivity contribution >= 4 is 52.9 Å². The first-order chi connectivity index (χ1) is 16.1. The molecule has 12 nitrogen and oxygen atoms in total. The lowest BCUT2D eigenvalue weighted by Crippen LogP contribution is -2.71. The third kappa shape index (κ3) is 4.18. The number of carboxylic acids is 1. The summed E-state index contributed by atoms with van der Waals surface area (Å²) in [5.74, 6) is -1.26. The number of thioether (sulfide) groups is 2. The molecule has 2 amide bonds. The summed E-state index contributed by atoms with van der Waals surface area (Å²) in [5.41, 5.74) is 1.85. The topological polar surface area (TPSA) is 148 Å². The Morgan fingerprint density at radius 2 is 2.12 bits per heavy atom. The molecule has 0 aromatic carbocycles. The van der Waals surface area contributed by atoms with Crippen molar-refractivity contribution in [2.75, 3.05) is 11.5 Å². The van der Waals surface area contributed by atoms with Crippen LogP contribution in [0.1, 0.15) is 30.8 Å². The van der Waals surface area contributed by atoms with Crippen molar-refractivity contribution < 1.29 is 19.5 Å². The van der Waals surface area contributed by atoms with Crippen molar-refractivity contribution in [2.24, 2.45) is 7.05 Å². The lowest BCUT2D eigenvalue weighted by molar-refractivity contribution is -0.151. The van der Waals surface area contributed by atoms with Crippen LogP contribution in [0.4, 0.5) is 0 Å². The summed E-state index contributed by atoms with van der Waals surface area (Å²) in [6.07, 6.45) is 0.450. The number of β-lactam (4-membered cyclic amide) rings is 1. The van der Waals surface area contributed by atoms with Crippen molar-refractivity contribution in [1.29, 1.82) is 0 Å². The number of amides is 2. The number of aromatic nitrogens is 6. The summed E-state index contributed by atoms with van der Waals surface area (Å²) in [6.45, 7) is 5.39. The molecular weight excluding hydrogens is 504 g/mol. The Labute approximate surface area is 208 Å². The molecular formula is C19H23ClN8O4S2. The van der Waals surface area contributed by atoms with Gasteiger partial charge in [-0.2, -0.15) is 5.10 Å². The van der Waals surface area contributed by atoms with Crippen LogP contribution in [0.3, 0.4) is 0 Å². The number of nitrogens with zero attached hydrogens (tertiary/aromatic N) is 7. The molecule has 3 atom stereocenters. The van der Waals surface area contributed by atoms with E-state index in [-0.39, 0.29) is 11.6 Å². The summed E-state index contributed by atoms with van der Waals surface area (Å²) in [5, 5.41) is 28.8. The van der Waals surface area contributed by atoms with E-state index in [1.807, 2.05) is 6.92 Å². The van der Waals surface area contributed by atoms with Gasteiger partial charge in [0.1, 0.15) is 23.2 Å². The molecule has 2 aromatic rings. The van der Waals surface area contributed by atoms with Gasteiger partial charge in [-0.15, -0.1) is 16.9 Å². The molecule has 0 spiro atoms. The van der Waals surface area contributed by atoms with Gasteiger partial charge in [0, 0.05) is 18.6 Å². The van der Waals surface area contributed by atoms with Crippen LogP contribution in [0, 0.1) is 13.8 Å². The smallest absolute Gasteiger partial charge is 0.352 e. The molecule has 2 aromatic heterocycles. The quantitative estimate of drug-likeness (QED) is 0.379. The minimum absolute atomic E-state index is 0.0424. The van der Waals surface area contributed by atoms with E-state index in [4.69, 9.17) is 11.6 Å². The highest BCUT2D eigenvalue weighted by Gasteiger charge is 2.54. The molecule has 2 N–H and O–H groups in total. The van der Waals surface area contributed by atoms with Gasteiger partial charge in [-0.05, 0) is 36.3 Å². The number of halogens is 1. The Hall–Kier alpha value is -2.58. The minimum Gasteiger partial charge on any atom is -0.477 e. The van der Waals surface area contributed by atoms with Crippen LogP contribution < -0.4 is 5.32 Å². The summed E-state index contributed by atoms with van der Waals surface area (Å²) < 4.78 is 3.06. The van der Waals surface area contributed by atoms with E-state index < -0.39 is 29.3 Å². The molecule has 2 aliphatic heterocycles. The van der Waals surface area contributed by atoms with Gasteiger partial charge in [0.15, 0.2) is 0 Å². The lowest BCUT2D eigenvalue weighted by Gasteiger charge is -2.49. The van der Waals surface area contributed by atoms with E-state index in [1.54, 1.807) is 25.6 Å². The number of hydrogen-bond acceptors (Lipinski definition) is 9. The average Bonchev–Trinajstić information content (AvgIpc) is 3.33. The normalized spacial score (nSPS) is 20.7. The largest absolute Gasteiger partial charge is 0.477 e. The van der Waals surface area contributed by atoms with Gasteiger partial charge in [0.25, 0.3) is 5.91 Å². The fourth-order valence-corrected chi connectivity index (χ4v) is 6.41. The van der Waals surface area contributed by atoms with E-state index in [1.165, 1.54) is 33.1 Å². The number of fused-ring (bicyclic) bond motifs is 1. The first-order valence-electron chi connectivity index (χ1n) is 10.4. The Morgan fingerprint density at radius 1 is 1.38 bits per heavy atom. The molecule has 15 heteroatoms. The third-order valence-corrected chi connectivity index (χ3v) is 8.71. The van der Waals surface area contributed by atoms with Crippen molar-refractivity contribution in [1.82, 2.24) is 40.2 Å². The average molecular weight is 527 g/mol. The van der Waals surface area contributed by atoms with Crippen molar-refractivity contribution in [3.63, 3.8) is 0 Å². The second-order valence-electron chi connectivity index (χ2n) is 7.88. The predicted octanol–water partition coefficient (Wildman–Crippen LogP) is 1.16. The fraction of sp³-hybridized carbons (Fsp3) is 0.526. The monoisotopic (exact) mass is 526 g/mol. The first kappa shape index (κ1) is 24.5. The van der Waals surface area contributed by atoms with Gasteiger partial charge in [-0.1, -0.05) is 30.3 Å². The van der Waals surface area contributed by atoms with Crippen LogP contribution in [0.5, 0.6) is 0 Å². The zero-order valence-electron chi connectivity index (χ0n) is 18.9. The number of aliphatic carboxylic acids is 1. The molecule has 0 radical (unpaired) electrons. The molecule has 4 heterocycles. The van der Waals surface area contributed by atoms with Gasteiger partial charge >= 0.3 is 5.97 Å². The van der Waals surface area contributed by atoms with Crippen LogP contribution in [-0.4, -0.2) is 80.7 Å². The van der Waals surface area contributed by atoms with Gasteiger partial charge in [0.2, 0.25) is 11.1 Å². The van der Waals surface area contributed by atoms with Crippen LogP contribution >= 0.6 is 35.1 Å². The second-order valence-corrected chi connectivity index (χ2v) is 10.3. The minimum atomic E-state index is -1.18. The highest BCUT2D eigenvalue weighted by atomic mass is 35.5. The molecule has 1 saturated heterocycles. The number of hydrogen-bond donors (Lipinski definition) is 2. The summed E-state index contributed by atoms with van der Waals surface area (Å²) in [6, 6.07) is -1.45. The van der Waals surface area contributed by atoms with E-state index >= 15 is 0 Å². The molecule has 34 heavy (non-hydrogen) atoms. The Morgan fingerprint density at radius 3 is 2.68 bits per heavy atom. The molecule has 182 valence electrons. The van der Waals surface area contributed by atoms with Gasteiger partial charge in [-0.3, -0.25) is 19.2 Å². The molecule has 1 fully saturated rings. The molecule has 0 unspecified atom stereocenters. The van der Waals surface area contributed by atoms with Crippen LogP contribution in [0.25, 0.3) is 0 Å². The number of carboxylic acid groups (broad SMARTS) is 1. The lowest BCUT2D eigenvalue weighted by atomic mass is 10.0. The molecule has 4 rings (SSSR count). The van der Waals surface area contributed by atoms with E-state index in [0.717, 1.165) is 0 Å². The molecule has 0 saturated carbocycles. The standard InChI is InChI=1S/C19H23ClN8O4S2/c1-5-11(28-9(3)12(20)8(2)23-28)15(29)21-13-16(30)27-14(18(31)32)10(6-33-17(13)27)7-34-19-22-24-25-26(19)4/h11,13,17H,5-7H2,1-4H3,(H,21,29)(H,31,32)/t11-,13+,17-/m1/s1. The summed E-state index contributed by atoms with van der Waals surface area (Å²) in [4.78, 5) is 39.3. The van der Waals surface area contributed by atoms with Crippen molar-refractivity contribution in [3.8, 4) is 0 Å². The SMILES string of the molecule is CC[C@H](C(=O)N[C@H]1C(=O)N2C(C(=O)O)=C(CSc3nnnn3C)CS[C@H]12)n1nc(C)c(Cl)c1C. The zero-order chi connectivity index (χ0) is 24.7. The second kappa shape index (κ2) is 9.58. The molecule has 2 aliphatic rings. The number of aryl methyl sites for hydroxylation is 2. The zero-order valence-corrected chi connectivity index (χ0v) is 21.2. The highest BCUT2D eigenvalue weighted by Crippen LogP contribution is 2.41.